The molecule has 0 saturated carbocycles. The van der Waals surface area contributed by atoms with E-state index in [1.54, 1.807) is 6.07 Å². The number of hydrogen-bond donors (Lipinski definition) is 1. The van der Waals surface area contributed by atoms with Crippen LogP contribution in [0.1, 0.15) is 23.9 Å². The van der Waals surface area contributed by atoms with Crippen LogP contribution in [0.5, 0.6) is 5.75 Å². The summed E-state index contributed by atoms with van der Waals surface area (Å²) < 4.78 is 12.9. The van der Waals surface area contributed by atoms with E-state index in [1.807, 2.05) is 66.9 Å². The van der Waals surface area contributed by atoms with Crippen molar-refractivity contribution in [1.82, 2.24) is 14.8 Å². The van der Waals surface area contributed by atoms with Gasteiger partial charge in [0.15, 0.2) is 17.6 Å². The van der Waals surface area contributed by atoms with Crippen LogP contribution >= 0.6 is 11.8 Å². The van der Waals surface area contributed by atoms with Gasteiger partial charge in [0.05, 0.1) is 5.75 Å². The molecule has 0 aliphatic rings. The lowest BCUT2D eigenvalue weighted by Crippen LogP contribution is -2.18. The number of thioether (sulfide) groups is 1. The topological polar surface area (TPSA) is 133 Å². The molecule has 0 spiro atoms. The van der Waals surface area contributed by atoms with Gasteiger partial charge in [-0.1, -0.05) is 48.2 Å². The van der Waals surface area contributed by atoms with E-state index in [2.05, 4.69) is 10.2 Å². The van der Waals surface area contributed by atoms with Gasteiger partial charge in [0.1, 0.15) is 24.0 Å². The molecule has 0 unspecified atom stereocenters. The average Bonchev–Trinajstić information content (AvgIpc) is 3.24. The first-order valence-electron chi connectivity index (χ1n) is 10.7. The Kier molecular flexibility index (Phi) is 8.64. The molecule has 3 rings (SSSR count). The number of allylic oxidation sites excluding steroid dienone is 1. The summed E-state index contributed by atoms with van der Waals surface area (Å²) in [5.41, 5.74) is 8.21. The molecule has 2 aromatic carbocycles. The van der Waals surface area contributed by atoms with Gasteiger partial charge in [-0.15, -0.1) is 10.2 Å². The van der Waals surface area contributed by atoms with Crippen molar-refractivity contribution in [3.8, 4) is 17.5 Å². The van der Waals surface area contributed by atoms with Crippen molar-refractivity contribution in [1.29, 1.82) is 5.26 Å². The minimum absolute atomic E-state index is 0.0783. The molecule has 0 amide bonds. The fraction of sp³-hybridized carbons (Fsp3) is 0.240. The number of benzene rings is 2. The Labute approximate surface area is 207 Å². The number of nitrogens with zero attached hydrogens (tertiary/aromatic N) is 4. The summed E-state index contributed by atoms with van der Waals surface area (Å²) in [5, 5.41) is 18.0. The summed E-state index contributed by atoms with van der Waals surface area (Å²) >= 11 is 1.12. The van der Waals surface area contributed by atoms with Crippen molar-refractivity contribution in [2.24, 2.45) is 5.73 Å². The van der Waals surface area contributed by atoms with Gasteiger partial charge in [0.25, 0.3) is 0 Å². The van der Waals surface area contributed by atoms with Crippen LogP contribution in [-0.2, 0) is 20.9 Å². The standard InChI is InChI=1S/C25H25N5O4S/c1-16-8-7-9-17(2)24(16)34-14-22-28-29-25(30(22)19-10-5-4-6-11-19)35-15-23(32)33-13-21(31)20(12-26)18(3)27/h4-11H,13-15,27H2,1-3H3. The second-order valence-corrected chi connectivity index (χ2v) is 8.56. The van der Waals surface area contributed by atoms with Crippen LogP contribution in [0.15, 0.2) is 65.0 Å². The normalized spacial score (nSPS) is 11.4. The van der Waals surface area contributed by atoms with Gasteiger partial charge in [-0.05, 0) is 44.0 Å². The van der Waals surface area contributed by atoms with Crippen molar-refractivity contribution >= 4 is 23.5 Å². The molecular formula is C25H25N5O4S. The number of para-hydroxylation sites is 2. The Hall–Kier alpha value is -4.10. The van der Waals surface area contributed by atoms with Gasteiger partial charge < -0.3 is 15.2 Å². The minimum atomic E-state index is -0.649. The quantitative estimate of drug-likeness (QED) is 0.196. The maximum atomic E-state index is 12.2. The molecular weight excluding hydrogens is 466 g/mol. The fourth-order valence-corrected chi connectivity index (χ4v) is 4.01. The van der Waals surface area contributed by atoms with Crippen LogP contribution in [0.2, 0.25) is 0 Å². The molecule has 10 heteroatoms. The lowest BCUT2D eigenvalue weighted by atomic mass is 10.1. The number of ether oxygens (including phenoxy) is 2. The second-order valence-electron chi connectivity index (χ2n) is 7.62. The predicted octanol–water partition coefficient (Wildman–Crippen LogP) is 3.42. The molecule has 1 aromatic heterocycles. The molecule has 180 valence electrons. The third-order valence-electron chi connectivity index (χ3n) is 4.94. The number of nitrogens with two attached hydrogens (primary N) is 1. The number of ketones is 1. The predicted molar refractivity (Wildman–Crippen MR) is 131 cm³/mol. The lowest BCUT2D eigenvalue weighted by molar-refractivity contribution is -0.144. The zero-order valence-corrected chi connectivity index (χ0v) is 20.5. The highest BCUT2D eigenvalue weighted by atomic mass is 32.2. The van der Waals surface area contributed by atoms with Crippen LogP contribution in [-0.4, -0.2) is 38.9 Å². The summed E-state index contributed by atoms with van der Waals surface area (Å²) in [6.07, 6.45) is 0. The Morgan fingerprint density at radius 1 is 1.09 bits per heavy atom. The van der Waals surface area contributed by atoms with Crippen LogP contribution < -0.4 is 10.5 Å². The molecule has 0 atom stereocenters. The third kappa shape index (κ3) is 6.49. The molecule has 35 heavy (non-hydrogen) atoms. The number of carbonyl (C=O) groups is 2. The van der Waals surface area contributed by atoms with Crippen molar-refractivity contribution in [2.75, 3.05) is 12.4 Å². The third-order valence-corrected chi connectivity index (χ3v) is 5.84. The molecule has 0 saturated heterocycles. The summed E-state index contributed by atoms with van der Waals surface area (Å²) in [5.74, 6) is -0.0397. The van der Waals surface area contributed by atoms with Gasteiger partial charge >= 0.3 is 5.97 Å². The van der Waals surface area contributed by atoms with Crippen molar-refractivity contribution in [3.05, 3.63) is 76.8 Å². The summed E-state index contributed by atoms with van der Waals surface area (Å²) in [6.45, 7) is 5.01. The summed E-state index contributed by atoms with van der Waals surface area (Å²) in [6, 6.07) is 17.1. The molecule has 0 radical (unpaired) electrons. The van der Waals surface area contributed by atoms with Crippen LogP contribution in [0.3, 0.4) is 0 Å². The van der Waals surface area contributed by atoms with Gasteiger partial charge in [0.2, 0.25) is 5.78 Å². The molecule has 0 fully saturated rings. The zero-order valence-electron chi connectivity index (χ0n) is 19.6. The SMILES string of the molecule is CC(N)=C(C#N)C(=O)COC(=O)CSc1nnc(COc2c(C)cccc2C)n1-c1ccccc1. The molecule has 0 aliphatic carbocycles. The number of rotatable bonds is 10. The lowest BCUT2D eigenvalue weighted by Gasteiger charge is -2.13. The number of Topliss-reactive ketones (excluding diaryl/α,β-unsaturated/α-hetero) is 1. The minimum Gasteiger partial charge on any atom is -0.485 e. The van der Waals surface area contributed by atoms with Crippen LogP contribution in [0, 0.1) is 25.2 Å². The second kappa shape index (κ2) is 11.9. The van der Waals surface area contributed by atoms with Crippen molar-refractivity contribution in [2.45, 2.75) is 32.5 Å². The van der Waals surface area contributed by atoms with E-state index >= 15 is 0 Å². The van der Waals surface area contributed by atoms with Gasteiger partial charge in [0, 0.05) is 11.4 Å². The van der Waals surface area contributed by atoms with Crippen molar-refractivity contribution < 1.29 is 19.1 Å². The first-order chi connectivity index (χ1) is 16.8. The smallest absolute Gasteiger partial charge is 0.316 e. The summed E-state index contributed by atoms with van der Waals surface area (Å²) in [4.78, 5) is 24.2. The monoisotopic (exact) mass is 491 g/mol. The fourth-order valence-electron chi connectivity index (χ4n) is 3.24. The van der Waals surface area contributed by atoms with E-state index in [0.717, 1.165) is 34.3 Å². The van der Waals surface area contributed by atoms with E-state index in [0.29, 0.717) is 11.0 Å². The van der Waals surface area contributed by atoms with E-state index in [1.165, 1.54) is 6.92 Å². The van der Waals surface area contributed by atoms with E-state index < -0.39 is 18.4 Å². The largest absolute Gasteiger partial charge is 0.485 e. The number of hydrogen-bond acceptors (Lipinski definition) is 9. The van der Waals surface area contributed by atoms with E-state index in [4.69, 9.17) is 20.5 Å². The van der Waals surface area contributed by atoms with Gasteiger partial charge in [-0.25, -0.2) is 0 Å². The molecule has 2 N–H and O–H groups in total. The number of aromatic nitrogens is 3. The molecule has 0 aliphatic heterocycles. The molecule has 9 nitrogen and oxygen atoms in total. The Morgan fingerprint density at radius 3 is 2.40 bits per heavy atom. The number of nitriles is 1. The first-order valence-corrected chi connectivity index (χ1v) is 11.7. The summed E-state index contributed by atoms with van der Waals surface area (Å²) in [7, 11) is 0. The zero-order chi connectivity index (χ0) is 25.4. The number of carbonyl (C=O) groups excluding carboxylic acids is 2. The maximum absolute atomic E-state index is 12.2. The molecule has 0 bridgehead atoms. The number of aryl methyl sites for hydroxylation is 2. The maximum Gasteiger partial charge on any atom is 0.316 e. The Bertz CT molecular complexity index is 1270. The highest BCUT2D eigenvalue weighted by Crippen LogP contribution is 2.26. The molecule has 1 heterocycles. The van der Waals surface area contributed by atoms with Crippen LogP contribution in [0.4, 0.5) is 0 Å². The highest BCUT2D eigenvalue weighted by molar-refractivity contribution is 7.99. The number of esters is 1. The van der Waals surface area contributed by atoms with Gasteiger partial charge in [-0.2, -0.15) is 5.26 Å². The van der Waals surface area contributed by atoms with E-state index in [9.17, 15) is 9.59 Å². The van der Waals surface area contributed by atoms with Crippen LogP contribution in [0.25, 0.3) is 5.69 Å². The van der Waals surface area contributed by atoms with Crippen molar-refractivity contribution in [3.63, 3.8) is 0 Å². The van der Waals surface area contributed by atoms with E-state index in [-0.39, 0.29) is 23.6 Å². The van der Waals surface area contributed by atoms with Gasteiger partial charge in [-0.3, -0.25) is 14.2 Å². The highest BCUT2D eigenvalue weighted by Gasteiger charge is 2.19. The Morgan fingerprint density at radius 2 is 1.77 bits per heavy atom. The first kappa shape index (κ1) is 25.5. The molecule has 3 aromatic rings. The average molecular weight is 492 g/mol. The Balaban J connectivity index is 1.72.